The summed E-state index contributed by atoms with van der Waals surface area (Å²) in [5.74, 6) is 1.33. The zero-order valence-corrected chi connectivity index (χ0v) is 9.73. The van der Waals surface area contributed by atoms with Gasteiger partial charge in [0.05, 0.1) is 6.33 Å². The first-order valence-electron chi connectivity index (χ1n) is 5.61. The highest BCUT2D eigenvalue weighted by Gasteiger charge is 2.06. The van der Waals surface area contributed by atoms with Crippen molar-refractivity contribution in [3.63, 3.8) is 0 Å². The highest BCUT2D eigenvalue weighted by molar-refractivity contribution is 5.80. The van der Waals surface area contributed by atoms with Crippen molar-refractivity contribution >= 4 is 22.8 Å². The monoisotopic (exact) mass is 233 g/mol. The lowest BCUT2D eigenvalue weighted by Crippen LogP contribution is -2.01. The summed E-state index contributed by atoms with van der Waals surface area (Å²) in [6, 6.07) is 0. The smallest absolute Gasteiger partial charge is 0.183 e. The number of Topliss-reactive ketones (excluding diaryl/α,β-unsaturated/α-hetero) is 1. The molecule has 0 spiro atoms. The SMILES string of the molecule is CC(=O)CCCCc1nc(N)c2[nH]cnc2n1. The molecule has 2 rings (SSSR count). The van der Waals surface area contributed by atoms with Gasteiger partial charge in [-0.3, -0.25) is 0 Å². The van der Waals surface area contributed by atoms with Crippen molar-refractivity contribution in [2.24, 2.45) is 0 Å². The second-order valence-electron chi connectivity index (χ2n) is 4.04. The molecule has 2 aromatic heterocycles. The van der Waals surface area contributed by atoms with Crippen molar-refractivity contribution in [1.82, 2.24) is 19.9 Å². The second-order valence-corrected chi connectivity index (χ2v) is 4.04. The number of aromatic nitrogens is 4. The van der Waals surface area contributed by atoms with Crippen molar-refractivity contribution in [3.05, 3.63) is 12.2 Å². The lowest BCUT2D eigenvalue weighted by Gasteiger charge is -2.01. The third kappa shape index (κ3) is 2.77. The average Bonchev–Trinajstić information content (AvgIpc) is 2.72. The van der Waals surface area contributed by atoms with Crippen molar-refractivity contribution in [1.29, 1.82) is 0 Å². The van der Waals surface area contributed by atoms with E-state index in [0.29, 0.717) is 29.2 Å². The molecule has 0 bridgehead atoms. The van der Waals surface area contributed by atoms with Crippen LogP contribution in [0.3, 0.4) is 0 Å². The van der Waals surface area contributed by atoms with Crippen LogP contribution in [0.25, 0.3) is 11.2 Å². The lowest BCUT2D eigenvalue weighted by atomic mass is 10.1. The number of ketones is 1. The summed E-state index contributed by atoms with van der Waals surface area (Å²) in [7, 11) is 0. The Labute approximate surface area is 98.7 Å². The third-order valence-corrected chi connectivity index (χ3v) is 2.54. The number of fused-ring (bicyclic) bond motifs is 1. The average molecular weight is 233 g/mol. The number of carbonyl (C=O) groups is 1. The fourth-order valence-electron chi connectivity index (χ4n) is 1.67. The zero-order chi connectivity index (χ0) is 12.3. The van der Waals surface area contributed by atoms with E-state index in [2.05, 4.69) is 19.9 Å². The van der Waals surface area contributed by atoms with Crippen LogP contribution in [0.4, 0.5) is 5.82 Å². The number of nitrogen functional groups attached to an aromatic ring is 1. The maximum Gasteiger partial charge on any atom is 0.183 e. The van der Waals surface area contributed by atoms with Crippen molar-refractivity contribution in [3.8, 4) is 0 Å². The lowest BCUT2D eigenvalue weighted by molar-refractivity contribution is -0.117. The Kier molecular flexibility index (Phi) is 3.32. The number of hydrogen-bond donors (Lipinski definition) is 2. The number of imidazole rings is 1. The Morgan fingerprint density at radius 2 is 2.24 bits per heavy atom. The van der Waals surface area contributed by atoms with Crippen LogP contribution in [0.2, 0.25) is 0 Å². The maximum atomic E-state index is 10.8. The number of aromatic amines is 1. The van der Waals surface area contributed by atoms with E-state index in [1.54, 1.807) is 13.3 Å². The number of hydrogen-bond acceptors (Lipinski definition) is 5. The molecule has 0 amide bonds. The number of aryl methyl sites for hydroxylation is 1. The van der Waals surface area contributed by atoms with Crippen LogP contribution in [-0.4, -0.2) is 25.7 Å². The Bertz CT molecular complexity index is 534. The van der Waals surface area contributed by atoms with Gasteiger partial charge in [-0.05, 0) is 19.8 Å². The molecule has 6 heteroatoms. The fraction of sp³-hybridized carbons (Fsp3) is 0.455. The molecule has 90 valence electrons. The first-order valence-corrected chi connectivity index (χ1v) is 5.61. The van der Waals surface area contributed by atoms with Gasteiger partial charge < -0.3 is 15.5 Å². The molecule has 0 fully saturated rings. The minimum absolute atomic E-state index is 0.216. The van der Waals surface area contributed by atoms with Gasteiger partial charge in [-0.15, -0.1) is 0 Å². The summed E-state index contributed by atoms with van der Waals surface area (Å²) < 4.78 is 0. The molecule has 2 aromatic rings. The number of carbonyl (C=O) groups excluding carboxylic acids is 1. The van der Waals surface area contributed by atoms with Crippen LogP contribution in [0.1, 0.15) is 32.0 Å². The molecule has 0 radical (unpaired) electrons. The topological polar surface area (TPSA) is 97.6 Å². The van der Waals surface area contributed by atoms with Crippen molar-refractivity contribution < 1.29 is 4.79 Å². The van der Waals surface area contributed by atoms with E-state index >= 15 is 0 Å². The highest BCUT2D eigenvalue weighted by atomic mass is 16.1. The van der Waals surface area contributed by atoms with Crippen LogP contribution in [0, 0.1) is 0 Å². The minimum atomic E-state index is 0.216. The number of nitrogens with zero attached hydrogens (tertiary/aromatic N) is 3. The summed E-state index contributed by atoms with van der Waals surface area (Å²) in [6.45, 7) is 1.60. The molecule has 0 atom stereocenters. The number of unbranched alkanes of at least 4 members (excludes halogenated alkanes) is 1. The first-order chi connectivity index (χ1) is 8.16. The summed E-state index contributed by atoms with van der Waals surface area (Å²) in [5.41, 5.74) is 7.05. The van der Waals surface area contributed by atoms with Gasteiger partial charge in [0.15, 0.2) is 11.5 Å². The Morgan fingerprint density at radius 3 is 3.00 bits per heavy atom. The maximum absolute atomic E-state index is 10.8. The first kappa shape index (κ1) is 11.5. The third-order valence-electron chi connectivity index (χ3n) is 2.54. The van der Waals surface area contributed by atoms with Gasteiger partial charge in [0, 0.05) is 12.8 Å². The van der Waals surface area contributed by atoms with E-state index in [4.69, 9.17) is 5.73 Å². The van der Waals surface area contributed by atoms with Gasteiger partial charge >= 0.3 is 0 Å². The molecule has 0 aliphatic carbocycles. The zero-order valence-electron chi connectivity index (χ0n) is 9.73. The van der Waals surface area contributed by atoms with Gasteiger partial charge in [-0.1, -0.05) is 0 Å². The van der Waals surface area contributed by atoms with Crippen LogP contribution in [0.15, 0.2) is 6.33 Å². The largest absolute Gasteiger partial charge is 0.382 e. The Morgan fingerprint density at radius 1 is 1.41 bits per heavy atom. The van der Waals surface area contributed by atoms with E-state index in [1.165, 1.54) is 0 Å². The standard InChI is InChI=1S/C11H15N5O/c1-7(17)4-2-3-5-8-15-10(12)9-11(16-8)14-6-13-9/h6H,2-5H2,1H3,(H3,12,13,14,15,16). The summed E-state index contributed by atoms with van der Waals surface area (Å²) in [5, 5.41) is 0. The molecule has 2 heterocycles. The van der Waals surface area contributed by atoms with Crippen molar-refractivity contribution in [2.75, 3.05) is 5.73 Å². The van der Waals surface area contributed by atoms with E-state index in [9.17, 15) is 4.79 Å². The molecule has 0 aliphatic heterocycles. The van der Waals surface area contributed by atoms with Crippen LogP contribution in [-0.2, 0) is 11.2 Å². The fourth-order valence-corrected chi connectivity index (χ4v) is 1.67. The molecule has 6 nitrogen and oxygen atoms in total. The van der Waals surface area contributed by atoms with Gasteiger partial charge in [-0.25, -0.2) is 15.0 Å². The summed E-state index contributed by atoms with van der Waals surface area (Å²) in [4.78, 5) is 26.2. The highest BCUT2D eigenvalue weighted by Crippen LogP contribution is 2.14. The van der Waals surface area contributed by atoms with E-state index in [1.807, 2.05) is 0 Å². The quantitative estimate of drug-likeness (QED) is 0.757. The number of nitrogens with two attached hydrogens (primary N) is 1. The molecule has 17 heavy (non-hydrogen) atoms. The number of H-pyrrole nitrogens is 1. The summed E-state index contributed by atoms with van der Waals surface area (Å²) in [6.07, 6.45) is 4.63. The van der Waals surface area contributed by atoms with Crippen LogP contribution >= 0.6 is 0 Å². The molecule has 0 saturated heterocycles. The van der Waals surface area contributed by atoms with Gasteiger partial charge in [0.2, 0.25) is 0 Å². The Hall–Kier alpha value is -1.98. The van der Waals surface area contributed by atoms with E-state index in [-0.39, 0.29) is 5.78 Å². The second kappa shape index (κ2) is 4.90. The molecule has 3 N–H and O–H groups in total. The summed E-state index contributed by atoms with van der Waals surface area (Å²) >= 11 is 0. The number of anilines is 1. The van der Waals surface area contributed by atoms with Crippen molar-refractivity contribution in [2.45, 2.75) is 32.6 Å². The molecule has 0 unspecified atom stereocenters. The molecular formula is C11H15N5O. The van der Waals surface area contributed by atoms with Gasteiger partial charge in [0.1, 0.15) is 17.1 Å². The molecular weight excluding hydrogens is 218 g/mol. The normalized spacial score (nSPS) is 10.9. The molecule has 0 aliphatic rings. The van der Waals surface area contributed by atoms with Crippen LogP contribution < -0.4 is 5.73 Å². The predicted molar refractivity (Wildman–Crippen MR) is 64.3 cm³/mol. The van der Waals surface area contributed by atoms with Gasteiger partial charge in [-0.2, -0.15) is 0 Å². The minimum Gasteiger partial charge on any atom is -0.382 e. The molecule has 0 aromatic carbocycles. The van der Waals surface area contributed by atoms with Crippen LogP contribution in [0.5, 0.6) is 0 Å². The predicted octanol–water partition coefficient (Wildman–Crippen LogP) is 1.24. The number of nitrogens with one attached hydrogen (secondary N) is 1. The molecule has 0 saturated carbocycles. The Balaban J connectivity index is 2.01. The van der Waals surface area contributed by atoms with E-state index < -0.39 is 0 Å². The van der Waals surface area contributed by atoms with Gasteiger partial charge in [0.25, 0.3) is 0 Å². The number of rotatable bonds is 5. The van der Waals surface area contributed by atoms with E-state index in [0.717, 1.165) is 19.3 Å².